The number of sulfone groups is 1. The third kappa shape index (κ3) is 3.49. The molecule has 1 aromatic rings. The second-order valence-electron chi connectivity index (χ2n) is 6.10. The van der Waals surface area contributed by atoms with Crippen LogP contribution in [0, 0.1) is 5.92 Å². The third-order valence-corrected chi connectivity index (χ3v) is 4.74. The molecule has 0 bridgehead atoms. The van der Waals surface area contributed by atoms with Crippen molar-refractivity contribution < 1.29 is 13.5 Å². The average Bonchev–Trinajstić information content (AvgIpc) is 2.66. The topological polar surface area (TPSA) is 101 Å². The van der Waals surface area contributed by atoms with Gasteiger partial charge < -0.3 is 15.7 Å². The maximum Gasteiger partial charge on any atom is 0.182 e. The fourth-order valence-corrected chi connectivity index (χ4v) is 3.56. The Bertz CT molecular complexity index is 601. The van der Waals surface area contributed by atoms with E-state index in [4.69, 9.17) is 5.73 Å². The molecule has 0 aliphatic carbocycles. The molecule has 0 saturated carbocycles. The Kier molecular flexibility index (Phi) is 4.48. The molecule has 0 aromatic carbocycles. The largest absolute Gasteiger partial charge is 0.393 e. The number of nitrogens with zero attached hydrogens (tertiary/aromatic N) is 3. The first-order chi connectivity index (χ1) is 9.70. The molecule has 2 rings (SSSR count). The van der Waals surface area contributed by atoms with Gasteiger partial charge >= 0.3 is 0 Å². The van der Waals surface area contributed by atoms with Crippen molar-refractivity contribution in [2.24, 2.45) is 5.92 Å². The maximum atomic E-state index is 12.1. The van der Waals surface area contributed by atoms with E-state index in [9.17, 15) is 13.5 Å². The summed E-state index contributed by atoms with van der Waals surface area (Å²) in [5.41, 5.74) is 6.02. The van der Waals surface area contributed by atoms with Crippen LogP contribution in [-0.4, -0.2) is 48.8 Å². The first kappa shape index (κ1) is 16.1. The minimum absolute atomic E-state index is 0.111. The summed E-state index contributed by atoms with van der Waals surface area (Å²) in [5.74, 6) is 0.936. The van der Waals surface area contributed by atoms with Crippen molar-refractivity contribution in [3.8, 4) is 0 Å². The van der Waals surface area contributed by atoms with Crippen LogP contribution in [0.2, 0.25) is 0 Å². The minimum Gasteiger partial charge on any atom is -0.393 e. The van der Waals surface area contributed by atoms with Crippen LogP contribution in [-0.2, 0) is 16.4 Å². The summed E-state index contributed by atoms with van der Waals surface area (Å²) in [5, 5.41) is 14.0. The van der Waals surface area contributed by atoms with Gasteiger partial charge in [0.1, 0.15) is 5.82 Å². The standard InChI is InChI=1S/C13H24N4O3S/c1-9(2)8-17-12(14)11(21(3,19)20)13(15-17)16-6-4-10(18)5-7-16/h9-10,18H,4-8,14H2,1-3H3. The van der Waals surface area contributed by atoms with Crippen molar-refractivity contribution in [1.82, 2.24) is 9.78 Å². The van der Waals surface area contributed by atoms with Gasteiger partial charge in [-0.1, -0.05) is 13.8 Å². The van der Waals surface area contributed by atoms with Gasteiger partial charge in [0.05, 0.1) is 6.10 Å². The van der Waals surface area contributed by atoms with Crippen LogP contribution in [0.1, 0.15) is 26.7 Å². The molecular formula is C13H24N4O3S. The van der Waals surface area contributed by atoms with E-state index in [1.807, 2.05) is 18.7 Å². The molecule has 1 aliphatic rings. The Balaban J connectivity index is 2.44. The normalized spacial score (nSPS) is 17.7. The number of piperidine rings is 1. The van der Waals surface area contributed by atoms with Gasteiger partial charge in [-0.25, -0.2) is 13.1 Å². The Hall–Kier alpha value is -1.28. The van der Waals surface area contributed by atoms with Gasteiger partial charge in [-0.05, 0) is 18.8 Å². The highest BCUT2D eigenvalue weighted by Gasteiger charge is 2.29. The van der Waals surface area contributed by atoms with E-state index in [-0.39, 0.29) is 16.8 Å². The van der Waals surface area contributed by atoms with Gasteiger partial charge in [-0.15, -0.1) is 0 Å². The molecule has 21 heavy (non-hydrogen) atoms. The number of aromatic nitrogens is 2. The van der Waals surface area contributed by atoms with Crippen LogP contribution in [0.3, 0.4) is 0 Å². The lowest BCUT2D eigenvalue weighted by Crippen LogP contribution is -2.36. The molecular weight excluding hydrogens is 292 g/mol. The van der Waals surface area contributed by atoms with Gasteiger partial charge in [0.2, 0.25) is 0 Å². The Morgan fingerprint density at radius 1 is 1.38 bits per heavy atom. The molecule has 0 radical (unpaired) electrons. The monoisotopic (exact) mass is 316 g/mol. The van der Waals surface area contributed by atoms with Gasteiger partial charge in [0.15, 0.2) is 20.6 Å². The number of anilines is 2. The van der Waals surface area contributed by atoms with Gasteiger partial charge in [0.25, 0.3) is 0 Å². The van der Waals surface area contributed by atoms with Gasteiger partial charge in [-0.2, -0.15) is 5.10 Å². The highest BCUT2D eigenvalue weighted by Crippen LogP contribution is 2.32. The van der Waals surface area contributed by atoms with Crippen LogP contribution in [0.25, 0.3) is 0 Å². The molecule has 1 aliphatic heterocycles. The molecule has 1 fully saturated rings. The van der Waals surface area contributed by atoms with Crippen molar-refractivity contribution in [2.75, 3.05) is 30.0 Å². The summed E-state index contributed by atoms with van der Waals surface area (Å²) < 4.78 is 25.7. The number of aliphatic hydroxyl groups is 1. The zero-order chi connectivity index (χ0) is 15.8. The van der Waals surface area contributed by atoms with E-state index >= 15 is 0 Å². The van der Waals surface area contributed by atoms with Crippen LogP contribution in [0.5, 0.6) is 0 Å². The quantitative estimate of drug-likeness (QED) is 0.838. The van der Waals surface area contributed by atoms with Crippen LogP contribution >= 0.6 is 0 Å². The predicted octanol–water partition coefficient (Wildman–Crippen LogP) is 0.486. The summed E-state index contributed by atoms with van der Waals surface area (Å²) in [6.07, 6.45) is 2.06. The van der Waals surface area contributed by atoms with Crippen LogP contribution in [0.4, 0.5) is 11.6 Å². The SMILES string of the molecule is CC(C)Cn1nc(N2CCC(O)CC2)c(S(C)(=O)=O)c1N. The molecule has 1 aromatic heterocycles. The molecule has 1 saturated heterocycles. The van der Waals surface area contributed by atoms with E-state index in [0.29, 0.717) is 44.2 Å². The summed E-state index contributed by atoms with van der Waals surface area (Å²) in [7, 11) is -3.45. The molecule has 3 N–H and O–H groups in total. The number of aliphatic hydroxyl groups excluding tert-OH is 1. The van der Waals surface area contributed by atoms with Crippen molar-refractivity contribution in [3.05, 3.63) is 0 Å². The third-order valence-electron chi connectivity index (χ3n) is 3.60. The number of nitrogen functional groups attached to an aromatic ring is 1. The van der Waals surface area contributed by atoms with E-state index in [0.717, 1.165) is 6.26 Å². The van der Waals surface area contributed by atoms with Crippen molar-refractivity contribution in [3.63, 3.8) is 0 Å². The first-order valence-corrected chi connectivity index (χ1v) is 9.08. The van der Waals surface area contributed by atoms with Crippen LogP contribution in [0.15, 0.2) is 4.90 Å². The smallest absolute Gasteiger partial charge is 0.182 e. The zero-order valence-corrected chi connectivity index (χ0v) is 13.6. The van der Waals surface area contributed by atoms with Gasteiger partial charge in [0, 0.05) is 25.9 Å². The van der Waals surface area contributed by atoms with Crippen LogP contribution < -0.4 is 10.6 Å². The fraction of sp³-hybridized carbons (Fsp3) is 0.769. The molecule has 2 heterocycles. The van der Waals surface area contributed by atoms with Gasteiger partial charge in [-0.3, -0.25) is 0 Å². The molecule has 0 spiro atoms. The molecule has 0 unspecified atom stereocenters. The summed E-state index contributed by atoms with van der Waals surface area (Å²) in [4.78, 5) is 2.01. The first-order valence-electron chi connectivity index (χ1n) is 7.19. The summed E-state index contributed by atoms with van der Waals surface area (Å²) in [6.45, 7) is 5.80. The van der Waals surface area contributed by atoms with E-state index < -0.39 is 9.84 Å². The van der Waals surface area contributed by atoms with Crippen molar-refractivity contribution >= 4 is 21.5 Å². The lowest BCUT2D eigenvalue weighted by Gasteiger charge is -2.30. The second kappa shape index (κ2) is 5.84. The van der Waals surface area contributed by atoms with E-state index in [1.165, 1.54) is 0 Å². The Labute approximate surface area is 125 Å². The Morgan fingerprint density at radius 3 is 2.43 bits per heavy atom. The molecule has 120 valence electrons. The molecule has 7 nitrogen and oxygen atoms in total. The second-order valence-corrected chi connectivity index (χ2v) is 8.06. The average molecular weight is 316 g/mol. The number of hydrogen-bond acceptors (Lipinski definition) is 6. The number of nitrogens with two attached hydrogens (primary N) is 1. The summed E-state index contributed by atoms with van der Waals surface area (Å²) in [6, 6.07) is 0. The zero-order valence-electron chi connectivity index (χ0n) is 12.8. The summed E-state index contributed by atoms with van der Waals surface area (Å²) >= 11 is 0. The van der Waals surface area contributed by atoms with E-state index in [1.54, 1.807) is 4.68 Å². The predicted molar refractivity (Wildman–Crippen MR) is 82.0 cm³/mol. The highest BCUT2D eigenvalue weighted by atomic mass is 32.2. The minimum atomic E-state index is -3.45. The maximum absolute atomic E-state index is 12.1. The van der Waals surface area contributed by atoms with Crippen molar-refractivity contribution in [1.29, 1.82) is 0 Å². The Morgan fingerprint density at radius 2 is 1.95 bits per heavy atom. The fourth-order valence-electron chi connectivity index (χ4n) is 2.57. The lowest BCUT2D eigenvalue weighted by molar-refractivity contribution is 0.145. The number of hydrogen-bond donors (Lipinski definition) is 2. The van der Waals surface area contributed by atoms with E-state index in [2.05, 4.69) is 5.10 Å². The highest BCUT2D eigenvalue weighted by molar-refractivity contribution is 7.91. The van der Waals surface area contributed by atoms with Crippen molar-refractivity contribution in [2.45, 2.75) is 44.2 Å². The lowest BCUT2D eigenvalue weighted by atomic mass is 10.1. The number of rotatable bonds is 4. The molecule has 8 heteroatoms. The molecule has 0 amide bonds. The molecule has 0 atom stereocenters.